The molecule has 1 heterocycles. The molecule has 3 nitrogen and oxygen atoms in total. The smallest absolute Gasteiger partial charge is 0.129 e. The quantitative estimate of drug-likeness (QED) is 0.611. The molecular formula is C9H13O3. The lowest BCUT2D eigenvalue weighted by atomic mass is 10.3. The van der Waals surface area contributed by atoms with Gasteiger partial charge in [0.25, 0.3) is 0 Å². The number of rotatable bonds is 6. The molecule has 0 amide bonds. The van der Waals surface area contributed by atoms with Crippen LogP contribution in [-0.4, -0.2) is 13.2 Å². The monoisotopic (exact) mass is 169 g/mol. The molecule has 0 aliphatic carbocycles. The molecule has 0 atom stereocenters. The summed E-state index contributed by atoms with van der Waals surface area (Å²) >= 11 is 0. The van der Waals surface area contributed by atoms with E-state index in [2.05, 4.69) is 0 Å². The van der Waals surface area contributed by atoms with Gasteiger partial charge in [-0.25, -0.2) is 5.11 Å². The van der Waals surface area contributed by atoms with Crippen molar-refractivity contribution < 1.29 is 14.3 Å². The highest BCUT2D eigenvalue weighted by molar-refractivity contribution is 4.95. The fraction of sp³-hybridized carbons (Fsp3) is 0.556. The predicted octanol–water partition coefficient (Wildman–Crippen LogP) is 2.01. The van der Waals surface area contributed by atoms with Crippen molar-refractivity contribution in [2.24, 2.45) is 0 Å². The standard InChI is InChI=1S/C9H13O3/c10-5-1-2-6-11-8-9-4-3-7-12-9/h3-4,7H,1-2,5-6,8H2. The minimum atomic E-state index is -0.00981. The van der Waals surface area contributed by atoms with Crippen LogP contribution in [0.3, 0.4) is 0 Å². The first-order chi connectivity index (χ1) is 5.93. The molecule has 0 unspecified atom stereocenters. The Labute approximate surface area is 72.0 Å². The van der Waals surface area contributed by atoms with E-state index in [1.807, 2.05) is 12.1 Å². The third-order valence-electron chi connectivity index (χ3n) is 1.51. The molecule has 0 saturated heterocycles. The highest BCUT2D eigenvalue weighted by Crippen LogP contribution is 2.02. The summed E-state index contributed by atoms with van der Waals surface area (Å²) in [5, 5.41) is 10.0. The molecule has 1 aromatic heterocycles. The fourth-order valence-electron chi connectivity index (χ4n) is 0.874. The summed E-state index contributed by atoms with van der Waals surface area (Å²) in [4.78, 5) is 0. The fourth-order valence-corrected chi connectivity index (χ4v) is 0.874. The summed E-state index contributed by atoms with van der Waals surface area (Å²) in [5.74, 6) is 0.831. The Morgan fingerprint density at radius 1 is 1.42 bits per heavy atom. The molecular weight excluding hydrogens is 156 g/mol. The summed E-state index contributed by atoms with van der Waals surface area (Å²) in [7, 11) is 0. The predicted molar refractivity (Wildman–Crippen MR) is 43.2 cm³/mol. The van der Waals surface area contributed by atoms with E-state index in [0.29, 0.717) is 19.6 Å². The van der Waals surface area contributed by atoms with E-state index in [1.165, 1.54) is 0 Å². The van der Waals surface area contributed by atoms with Crippen LogP contribution in [0, 0.1) is 0 Å². The highest BCUT2D eigenvalue weighted by atomic mass is 16.5. The van der Waals surface area contributed by atoms with Crippen LogP contribution >= 0.6 is 0 Å². The van der Waals surface area contributed by atoms with Crippen LogP contribution in [0.4, 0.5) is 0 Å². The third-order valence-corrected chi connectivity index (χ3v) is 1.51. The van der Waals surface area contributed by atoms with Crippen LogP contribution in [0.1, 0.15) is 18.6 Å². The molecule has 0 saturated carbocycles. The Morgan fingerprint density at radius 3 is 3.00 bits per heavy atom. The van der Waals surface area contributed by atoms with E-state index >= 15 is 0 Å². The summed E-state index contributed by atoms with van der Waals surface area (Å²) in [5.41, 5.74) is 0. The maximum atomic E-state index is 10.0. The molecule has 0 aliphatic heterocycles. The van der Waals surface area contributed by atoms with Gasteiger partial charge in [0.1, 0.15) is 12.4 Å². The molecule has 0 aromatic carbocycles. The Hall–Kier alpha value is -0.800. The summed E-state index contributed by atoms with van der Waals surface area (Å²) < 4.78 is 10.3. The lowest BCUT2D eigenvalue weighted by molar-refractivity contribution is 0.0941. The van der Waals surface area contributed by atoms with E-state index < -0.39 is 0 Å². The van der Waals surface area contributed by atoms with Crippen molar-refractivity contribution in [3.8, 4) is 0 Å². The Bertz CT molecular complexity index is 182. The molecule has 1 aromatic rings. The number of unbranched alkanes of at least 4 members (excludes halogenated alkanes) is 1. The van der Waals surface area contributed by atoms with Gasteiger partial charge in [0.15, 0.2) is 0 Å². The first-order valence-electron chi connectivity index (χ1n) is 4.11. The van der Waals surface area contributed by atoms with Gasteiger partial charge in [-0.15, -0.1) is 0 Å². The minimum Gasteiger partial charge on any atom is -0.467 e. The SMILES string of the molecule is [O]CCCCOCc1ccco1. The van der Waals surface area contributed by atoms with E-state index in [0.717, 1.165) is 12.2 Å². The zero-order valence-corrected chi connectivity index (χ0v) is 6.99. The van der Waals surface area contributed by atoms with Crippen molar-refractivity contribution in [1.29, 1.82) is 0 Å². The second-order valence-corrected chi connectivity index (χ2v) is 2.54. The van der Waals surface area contributed by atoms with Crippen LogP contribution in [-0.2, 0) is 16.5 Å². The lowest BCUT2D eigenvalue weighted by Crippen LogP contribution is -1.95. The van der Waals surface area contributed by atoms with E-state index in [-0.39, 0.29) is 6.61 Å². The second kappa shape index (κ2) is 5.80. The van der Waals surface area contributed by atoms with Crippen LogP contribution in [0.25, 0.3) is 0 Å². The number of hydrogen-bond donors (Lipinski definition) is 0. The minimum absolute atomic E-state index is 0.00981. The Kier molecular flexibility index (Phi) is 4.49. The molecule has 0 spiro atoms. The van der Waals surface area contributed by atoms with Gasteiger partial charge >= 0.3 is 0 Å². The van der Waals surface area contributed by atoms with Gasteiger partial charge in [-0.2, -0.15) is 0 Å². The van der Waals surface area contributed by atoms with Gasteiger partial charge in [-0.1, -0.05) is 0 Å². The van der Waals surface area contributed by atoms with Crippen molar-refractivity contribution in [3.63, 3.8) is 0 Å². The first kappa shape index (κ1) is 9.29. The third kappa shape index (κ3) is 3.55. The molecule has 67 valence electrons. The zero-order chi connectivity index (χ0) is 8.65. The summed E-state index contributed by atoms with van der Waals surface area (Å²) in [6.45, 7) is 1.14. The summed E-state index contributed by atoms with van der Waals surface area (Å²) in [6, 6.07) is 3.70. The van der Waals surface area contributed by atoms with Gasteiger partial charge in [-0.3, -0.25) is 0 Å². The maximum Gasteiger partial charge on any atom is 0.129 e. The molecule has 0 N–H and O–H groups in total. The van der Waals surface area contributed by atoms with Gasteiger partial charge < -0.3 is 9.15 Å². The Balaban J connectivity index is 1.96. The largest absolute Gasteiger partial charge is 0.467 e. The van der Waals surface area contributed by atoms with Crippen molar-refractivity contribution in [2.45, 2.75) is 19.4 Å². The number of hydrogen-bond acceptors (Lipinski definition) is 2. The number of furan rings is 1. The topological polar surface area (TPSA) is 42.3 Å². The van der Waals surface area contributed by atoms with Crippen molar-refractivity contribution >= 4 is 0 Å². The second-order valence-electron chi connectivity index (χ2n) is 2.54. The normalized spacial score (nSPS) is 10.4. The summed E-state index contributed by atoms with van der Waals surface area (Å²) in [6.07, 6.45) is 3.15. The Morgan fingerprint density at radius 2 is 2.33 bits per heavy atom. The van der Waals surface area contributed by atoms with Crippen molar-refractivity contribution in [1.82, 2.24) is 0 Å². The molecule has 1 radical (unpaired) electrons. The van der Waals surface area contributed by atoms with E-state index in [9.17, 15) is 5.11 Å². The van der Waals surface area contributed by atoms with E-state index in [4.69, 9.17) is 9.15 Å². The van der Waals surface area contributed by atoms with Crippen molar-refractivity contribution in [3.05, 3.63) is 24.2 Å². The zero-order valence-electron chi connectivity index (χ0n) is 6.99. The average Bonchev–Trinajstić information content (AvgIpc) is 2.57. The molecule has 12 heavy (non-hydrogen) atoms. The van der Waals surface area contributed by atoms with Crippen molar-refractivity contribution in [2.75, 3.05) is 13.2 Å². The maximum absolute atomic E-state index is 10.0. The molecule has 0 aliphatic rings. The average molecular weight is 169 g/mol. The molecule has 0 fully saturated rings. The van der Waals surface area contributed by atoms with E-state index in [1.54, 1.807) is 6.26 Å². The van der Waals surface area contributed by atoms with Crippen LogP contribution < -0.4 is 0 Å². The van der Waals surface area contributed by atoms with Gasteiger partial charge in [0.05, 0.1) is 12.9 Å². The lowest BCUT2D eigenvalue weighted by Gasteiger charge is -1.99. The van der Waals surface area contributed by atoms with Gasteiger partial charge in [-0.05, 0) is 25.0 Å². The van der Waals surface area contributed by atoms with Gasteiger partial charge in [0, 0.05) is 6.61 Å². The van der Waals surface area contributed by atoms with Gasteiger partial charge in [0.2, 0.25) is 0 Å². The molecule has 3 heteroatoms. The van der Waals surface area contributed by atoms with Crippen LogP contribution in [0.5, 0.6) is 0 Å². The molecule has 0 bridgehead atoms. The first-order valence-corrected chi connectivity index (χ1v) is 4.11. The molecule has 1 rings (SSSR count). The van der Waals surface area contributed by atoms with Crippen LogP contribution in [0.15, 0.2) is 22.8 Å². The van der Waals surface area contributed by atoms with Crippen LogP contribution in [0.2, 0.25) is 0 Å². The highest BCUT2D eigenvalue weighted by Gasteiger charge is 1.94. The number of ether oxygens (including phenoxy) is 1.